The quantitative estimate of drug-likeness (QED) is 0.761. The fourth-order valence-electron chi connectivity index (χ4n) is 2.01. The van der Waals surface area contributed by atoms with Crippen LogP contribution in [0.4, 0.5) is 0 Å². The van der Waals surface area contributed by atoms with Gasteiger partial charge >= 0.3 is 0 Å². The van der Waals surface area contributed by atoms with E-state index in [-0.39, 0.29) is 17.7 Å². The van der Waals surface area contributed by atoms with Gasteiger partial charge in [-0.2, -0.15) is 0 Å². The van der Waals surface area contributed by atoms with Crippen LogP contribution in [0.5, 0.6) is 0 Å². The molecule has 0 aliphatic carbocycles. The van der Waals surface area contributed by atoms with Gasteiger partial charge in [0.2, 0.25) is 11.8 Å². The molecule has 1 saturated heterocycles. The van der Waals surface area contributed by atoms with E-state index in [4.69, 9.17) is 0 Å². The number of rotatable bonds is 5. The zero-order valence-corrected chi connectivity index (χ0v) is 10.5. The molecule has 0 aromatic rings. The zero-order valence-electron chi connectivity index (χ0n) is 10.5. The number of carbonyl (C=O) groups excluding carboxylic acids is 2. The van der Waals surface area contributed by atoms with Gasteiger partial charge in [0.05, 0.1) is 5.92 Å². The monoisotopic (exact) mass is 226 g/mol. The lowest BCUT2D eigenvalue weighted by molar-refractivity contribution is -0.128. The first kappa shape index (κ1) is 13.0. The van der Waals surface area contributed by atoms with E-state index >= 15 is 0 Å². The molecule has 16 heavy (non-hydrogen) atoms. The Kier molecular flexibility index (Phi) is 4.77. The summed E-state index contributed by atoms with van der Waals surface area (Å²) in [6.45, 7) is 5.56. The SMILES string of the molecule is CCC(CC)CNC(=O)C1CC(=O)N(C)C1. The molecule has 1 rings (SSSR count). The molecule has 1 aliphatic rings. The molecule has 92 valence electrons. The van der Waals surface area contributed by atoms with Crippen molar-refractivity contribution in [3.63, 3.8) is 0 Å². The molecule has 1 aliphatic heterocycles. The standard InChI is InChI=1S/C12H22N2O2/c1-4-9(5-2)7-13-12(16)10-6-11(15)14(3)8-10/h9-10H,4-8H2,1-3H3,(H,13,16). The number of amides is 2. The topological polar surface area (TPSA) is 49.4 Å². The largest absolute Gasteiger partial charge is 0.356 e. The van der Waals surface area contributed by atoms with Crippen LogP contribution in [0.2, 0.25) is 0 Å². The summed E-state index contributed by atoms with van der Waals surface area (Å²) in [6, 6.07) is 0. The summed E-state index contributed by atoms with van der Waals surface area (Å²) in [5, 5.41) is 2.95. The van der Waals surface area contributed by atoms with Crippen LogP contribution in [0.1, 0.15) is 33.1 Å². The number of hydrogen-bond donors (Lipinski definition) is 1. The van der Waals surface area contributed by atoms with Crippen LogP contribution in [-0.2, 0) is 9.59 Å². The summed E-state index contributed by atoms with van der Waals surface area (Å²) in [5.74, 6) is 0.512. The molecular weight excluding hydrogens is 204 g/mol. The average Bonchev–Trinajstić information content (AvgIpc) is 2.60. The highest BCUT2D eigenvalue weighted by Crippen LogP contribution is 2.16. The summed E-state index contributed by atoms with van der Waals surface area (Å²) in [7, 11) is 1.75. The highest BCUT2D eigenvalue weighted by Gasteiger charge is 2.31. The Hall–Kier alpha value is -1.06. The van der Waals surface area contributed by atoms with Crippen molar-refractivity contribution in [1.82, 2.24) is 10.2 Å². The van der Waals surface area contributed by atoms with Gasteiger partial charge in [0.1, 0.15) is 0 Å². The zero-order chi connectivity index (χ0) is 12.1. The van der Waals surface area contributed by atoms with E-state index in [1.54, 1.807) is 11.9 Å². The molecule has 4 nitrogen and oxygen atoms in total. The van der Waals surface area contributed by atoms with Gasteiger partial charge in [-0.15, -0.1) is 0 Å². The van der Waals surface area contributed by atoms with Gasteiger partial charge in [-0.1, -0.05) is 26.7 Å². The highest BCUT2D eigenvalue weighted by molar-refractivity contribution is 5.89. The van der Waals surface area contributed by atoms with E-state index in [2.05, 4.69) is 19.2 Å². The predicted octanol–water partition coefficient (Wildman–Crippen LogP) is 1.02. The smallest absolute Gasteiger partial charge is 0.225 e. The molecule has 1 atom stereocenters. The lowest BCUT2D eigenvalue weighted by Crippen LogP contribution is -2.35. The molecule has 1 unspecified atom stereocenters. The normalized spacial score (nSPS) is 20.6. The number of likely N-dealkylation sites (tertiary alicyclic amines) is 1. The van der Waals surface area contributed by atoms with Gasteiger partial charge < -0.3 is 10.2 Å². The molecule has 1 heterocycles. The Bertz CT molecular complexity index is 262. The summed E-state index contributed by atoms with van der Waals surface area (Å²) >= 11 is 0. The molecule has 0 aromatic carbocycles. The Morgan fingerprint density at radius 2 is 2.12 bits per heavy atom. The maximum absolute atomic E-state index is 11.8. The van der Waals surface area contributed by atoms with Crippen LogP contribution in [0.3, 0.4) is 0 Å². The molecule has 0 saturated carbocycles. The van der Waals surface area contributed by atoms with Crippen LogP contribution in [-0.4, -0.2) is 36.9 Å². The second-order valence-corrected chi connectivity index (χ2v) is 4.60. The average molecular weight is 226 g/mol. The number of nitrogens with zero attached hydrogens (tertiary/aromatic N) is 1. The second kappa shape index (κ2) is 5.87. The van der Waals surface area contributed by atoms with Gasteiger partial charge in [-0.25, -0.2) is 0 Å². The van der Waals surface area contributed by atoms with Crippen molar-refractivity contribution in [2.45, 2.75) is 33.1 Å². The van der Waals surface area contributed by atoms with E-state index < -0.39 is 0 Å². The van der Waals surface area contributed by atoms with Gasteiger partial charge in [-0.05, 0) is 5.92 Å². The van der Waals surface area contributed by atoms with Crippen molar-refractivity contribution in [1.29, 1.82) is 0 Å². The van der Waals surface area contributed by atoms with Crippen molar-refractivity contribution in [2.24, 2.45) is 11.8 Å². The first-order valence-corrected chi connectivity index (χ1v) is 6.10. The highest BCUT2D eigenvalue weighted by atomic mass is 16.2. The van der Waals surface area contributed by atoms with E-state index in [9.17, 15) is 9.59 Å². The lowest BCUT2D eigenvalue weighted by Gasteiger charge is -2.15. The lowest BCUT2D eigenvalue weighted by atomic mass is 10.0. The van der Waals surface area contributed by atoms with Crippen molar-refractivity contribution in [3.8, 4) is 0 Å². The van der Waals surface area contributed by atoms with Crippen molar-refractivity contribution >= 4 is 11.8 Å². The Balaban J connectivity index is 2.33. The molecule has 1 fully saturated rings. The van der Waals surface area contributed by atoms with Gasteiger partial charge in [-0.3, -0.25) is 9.59 Å². The fourth-order valence-corrected chi connectivity index (χ4v) is 2.01. The van der Waals surface area contributed by atoms with Crippen molar-refractivity contribution in [3.05, 3.63) is 0 Å². The summed E-state index contributed by atoms with van der Waals surface area (Å²) in [6.07, 6.45) is 2.53. The summed E-state index contributed by atoms with van der Waals surface area (Å²) in [4.78, 5) is 24.7. The summed E-state index contributed by atoms with van der Waals surface area (Å²) < 4.78 is 0. The first-order chi connectivity index (χ1) is 7.58. The minimum absolute atomic E-state index is 0.0320. The third-order valence-corrected chi connectivity index (χ3v) is 3.43. The molecule has 0 spiro atoms. The Labute approximate surface area is 97.4 Å². The number of nitrogens with one attached hydrogen (secondary N) is 1. The minimum Gasteiger partial charge on any atom is -0.356 e. The third-order valence-electron chi connectivity index (χ3n) is 3.43. The molecule has 1 N–H and O–H groups in total. The molecule has 4 heteroatoms. The molecule has 0 radical (unpaired) electrons. The Morgan fingerprint density at radius 3 is 2.56 bits per heavy atom. The van der Waals surface area contributed by atoms with Gasteiger partial charge in [0, 0.05) is 26.6 Å². The fraction of sp³-hybridized carbons (Fsp3) is 0.833. The van der Waals surface area contributed by atoms with Crippen LogP contribution >= 0.6 is 0 Å². The third kappa shape index (κ3) is 3.22. The van der Waals surface area contributed by atoms with Gasteiger partial charge in [0.15, 0.2) is 0 Å². The van der Waals surface area contributed by atoms with Crippen LogP contribution < -0.4 is 5.32 Å². The summed E-state index contributed by atoms with van der Waals surface area (Å²) in [5.41, 5.74) is 0. The van der Waals surface area contributed by atoms with Crippen molar-refractivity contribution in [2.75, 3.05) is 20.1 Å². The first-order valence-electron chi connectivity index (χ1n) is 6.10. The maximum Gasteiger partial charge on any atom is 0.225 e. The van der Waals surface area contributed by atoms with E-state index in [1.165, 1.54) is 0 Å². The maximum atomic E-state index is 11.8. The minimum atomic E-state index is -0.146. The van der Waals surface area contributed by atoms with Crippen molar-refractivity contribution < 1.29 is 9.59 Å². The van der Waals surface area contributed by atoms with E-state index in [0.717, 1.165) is 19.4 Å². The molecule has 2 amide bonds. The van der Waals surface area contributed by atoms with E-state index in [1.807, 2.05) is 0 Å². The molecular formula is C12H22N2O2. The number of hydrogen-bond acceptors (Lipinski definition) is 2. The van der Waals surface area contributed by atoms with Gasteiger partial charge in [0.25, 0.3) is 0 Å². The molecule has 0 aromatic heterocycles. The van der Waals surface area contributed by atoms with Crippen LogP contribution in [0.15, 0.2) is 0 Å². The van der Waals surface area contributed by atoms with Crippen LogP contribution in [0.25, 0.3) is 0 Å². The predicted molar refractivity (Wildman–Crippen MR) is 62.8 cm³/mol. The number of carbonyl (C=O) groups is 2. The second-order valence-electron chi connectivity index (χ2n) is 4.60. The van der Waals surface area contributed by atoms with Crippen LogP contribution in [0, 0.1) is 11.8 Å². The molecule has 0 bridgehead atoms. The Morgan fingerprint density at radius 1 is 1.50 bits per heavy atom. The van der Waals surface area contributed by atoms with E-state index in [0.29, 0.717) is 18.9 Å².